The minimum absolute atomic E-state index is 0.0398. The number of likely N-dealkylation sites (tertiary alicyclic amines) is 1. The molecule has 33 heavy (non-hydrogen) atoms. The average molecular weight is 478 g/mol. The zero-order valence-corrected chi connectivity index (χ0v) is 20.9. The third-order valence-electron chi connectivity index (χ3n) is 7.51. The van der Waals surface area contributed by atoms with Gasteiger partial charge in [-0.2, -0.15) is 4.31 Å². The molecule has 0 unspecified atom stereocenters. The molecule has 1 aromatic rings. The fourth-order valence-electron chi connectivity index (χ4n) is 5.80. The maximum atomic E-state index is 13.2. The topological polar surface area (TPSA) is 79.0 Å². The van der Waals surface area contributed by atoms with Gasteiger partial charge in [-0.25, -0.2) is 8.42 Å². The van der Waals surface area contributed by atoms with Crippen molar-refractivity contribution in [2.75, 3.05) is 32.7 Å². The Labute approximate surface area is 198 Å². The van der Waals surface area contributed by atoms with Crippen LogP contribution in [0.25, 0.3) is 0 Å². The van der Waals surface area contributed by atoms with Crippen LogP contribution in [0.5, 0.6) is 0 Å². The summed E-state index contributed by atoms with van der Waals surface area (Å²) in [5, 5.41) is 3.17. The number of carbonyl (C=O) groups is 1. The summed E-state index contributed by atoms with van der Waals surface area (Å²) < 4.78 is 33.6. The van der Waals surface area contributed by atoms with Gasteiger partial charge in [-0.15, -0.1) is 0 Å². The SMILES string of the molecule is C[C@H]1CN(S(=O)(=O)c2cccc(C(=O)NCC3(N4CCCCC4)CCCCC3)c2)C[C@H](C)O1. The van der Waals surface area contributed by atoms with Crippen molar-refractivity contribution in [2.45, 2.75) is 87.9 Å². The number of morpholine rings is 1. The molecule has 1 aromatic carbocycles. The molecule has 2 heterocycles. The summed E-state index contributed by atoms with van der Waals surface area (Å²) in [6.07, 6.45) is 9.36. The highest BCUT2D eigenvalue weighted by Gasteiger charge is 2.39. The highest BCUT2D eigenvalue weighted by Crippen LogP contribution is 2.35. The molecule has 1 N–H and O–H groups in total. The molecule has 0 aromatic heterocycles. The molecular formula is C25H39N3O4S. The van der Waals surface area contributed by atoms with Crippen LogP contribution in [0, 0.1) is 0 Å². The van der Waals surface area contributed by atoms with E-state index in [1.165, 1.54) is 48.9 Å². The van der Waals surface area contributed by atoms with E-state index in [2.05, 4.69) is 10.2 Å². The van der Waals surface area contributed by atoms with Gasteiger partial charge in [-0.3, -0.25) is 9.69 Å². The molecule has 0 spiro atoms. The molecule has 1 saturated carbocycles. The second-order valence-electron chi connectivity index (χ2n) is 10.1. The van der Waals surface area contributed by atoms with Gasteiger partial charge in [0.15, 0.2) is 0 Å². The van der Waals surface area contributed by atoms with Gasteiger partial charge in [0.1, 0.15) is 0 Å². The van der Waals surface area contributed by atoms with Crippen LogP contribution in [0.1, 0.15) is 75.6 Å². The first-order chi connectivity index (χ1) is 15.8. The monoisotopic (exact) mass is 477 g/mol. The van der Waals surface area contributed by atoms with Gasteiger partial charge >= 0.3 is 0 Å². The molecule has 3 fully saturated rings. The van der Waals surface area contributed by atoms with Crippen molar-refractivity contribution < 1.29 is 17.9 Å². The third-order valence-corrected chi connectivity index (χ3v) is 9.34. The number of piperidine rings is 1. The van der Waals surface area contributed by atoms with E-state index in [0.717, 1.165) is 25.9 Å². The molecule has 0 bridgehead atoms. The molecular weight excluding hydrogens is 438 g/mol. The lowest BCUT2D eigenvalue weighted by molar-refractivity contribution is -0.0440. The molecule has 1 aliphatic carbocycles. The van der Waals surface area contributed by atoms with Crippen molar-refractivity contribution in [2.24, 2.45) is 0 Å². The predicted molar refractivity (Wildman–Crippen MR) is 129 cm³/mol. The zero-order valence-electron chi connectivity index (χ0n) is 20.1. The van der Waals surface area contributed by atoms with Crippen LogP contribution < -0.4 is 5.32 Å². The lowest BCUT2D eigenvalue weighted by atomic mass is 9.79. The first-order valence-electron chi connectivity index (χ1n) is 12.6. The largest absolute Gasteiger partial charge is 0.373 e. The van der Waals surface area contributed by atoms with Crippen molar-refractivity contribution in [3.63, 3.8) is 0 Å². The highest BCUT2D eigenvalue weighted by atomic mass is 32.2. The van der Waals surface area contributed by atoms with Crippen LogP contribution in [0.4, 0.5) is 0 Å². The van der Waals surface area contributed by atoms with Crippen molar-refractivity contribution in [1.29, 1.82) is 0 Å². The molecule has 3 aliphatic rings. The van der Waals surface area contributed by atoms with Crippen LogP contribution in [0.15, 0.2) is 29.2 Å². The Kier molecular flexibility index (Phi) is 7.78. The Balaban J connectivity index is 1.47. The van der Waals surface area contributed by atoms with E-state index in [4.69, 9.17) is 4.74 Å². The molecule has 8 heteroatoms. The molecule has 4 rings (SSSR count). The van der Waals surface area contributed by atoms with E-state index in [1.807, 2.05) is 13.8 Å². The van der Waals surface area contributed by atoms with E-state index in [1.54, 1.807) is 18.2 Å². The number of sulfonamides is 1. The minimum atomic E-state index is -3.68. The number of rotatable bonds is 6. The Morgan fingerprint density at radius 3 is 2.33 bits per heavy atom. The number of hydrogen-bond donors (Lipinski definition) is 1. The van der Waals surface area contributed by atoms with E-state index < -0.39 is 10.0 Å². The number of nitrogens with one attached hydrogen (secondary N) is 1. The maximum Gasteiger partial charge on any atom is 0.251 e. The van der Waals surface area contributed by atoms with Crippen molar-refractivity contribution in [1.82, 2.24) is 14.5 Å². The number of ether oxygens (including phenoxy) is 1. The van der Waals surface area contributed by atoms with Gasteiger partial charge in [-0.1, -0.05) is 31.7 Å². The highest BCUT2D eigenvalue weighted by molar-refractivity contribution is 7.89. The summed E-state index contributed by atoms with van der Waals surface area (Å²) in [5.74, 6) is -0.197. The summed E-state index contributed by atoms with van der Waals surface area (Å²) in [6.45, 7) is 7.25. The normalized spacial score (nSPS) is 27.2. The quantitative estimate of drug-likeness (QED) is 0.679. The third kappa shape index (κ3) is 5.61. The Bertz CT molecular complexity index is 913. The second kappa shape index (κ2) is 10.4. The maximum absolute atomic E-state index is 13.2. The van der Waals surface area contributed by atoms with Crippen LogP contribution in [0.2, 0.25) is 0 Å². The van der Waals surface area contributed by atoms with Gasteiger partial charge in [0.25, 0.3) is 5.91 Å². The minimum Gasteiger partial charge on any atom is -0.373 e. The van der Waals surface area contributed by atoms with Crippen LogP contribution in [-0.2, 0) is 14.8 Å². The summed E-state index contributed by atoms with van der Waals surface area (Å²) in [7, 11) is -3.68. The number of nitrogens with zero attached hydrogens (tertiary/aromatic N) is 2. The van der Waals surface area contributed by atoms with Crippen LogP contribution >= 0.6 is 0 Å². The van der Waals surface area contributed by atoms with E-state index in [0.29, 0.717) is 25.2 Å². The smallest absolute Gasteiger partial charge is 0.251 e. The lowest BCUT2D eigenvalue weighted by Gasteiger charge is -2.48. The van der Waals surface area contributed by atoms with Crippen molar-refractivity contribution >= 4 is 15.9 Å². The van der Waals surface area contributed by atoms with Crippen LogP contribution in [-0.4, -0.2) is 74.0 Å². The molecule has 2 saturated heterocycles. The fourth-order valence-corrected chi connectivity index (χ4v) is 7.44. The Morgan fingerprint density at radius 1 is 1.03 bits per heavy atom. The molecule has 2 atom stereocenters. The summed E-state index contributed by atoms with van der Waals surface area (Å²) in [4.78, 5) is 15.9. The summed E-state index contributed by atoms with van der Waals surface area (Å²) in [5.41, 5.74) is 0.438. The Hall–Kier alpha value is -1.48. The first kappa shape index (κ1) is 24.6. The van der Waals surface area contributed by atoms with Crippen molar-refractivity contribution in [3.8, 4) is 0 Å². The molecule has 1 amide bonds. The number of benzene rings is 1. The standard InChI is InChI=1S/C25H39N3O4S/c1-20-17-28(18-21(2)32-20)33(30,31)23-11-9-10-22(16-23)24(29)26-19-25(12-5-3-6-13-25)27-14-7-4-8-15-27/h9-11,16,20-21H,3-8,12-15,17-19H2,1-2H3,(H,26,29)/t20-,21-/m0/s1. The van der Waals surface area contributed by atoms with Crippen LogP contribution in [0.3, 0.4) is 0 Å². The number of hydrogen-bond acceptors (Lipinski definition) is 5. The van der Waals surface area contributed by atoms with E-state index in [9.17, 15) is 13.2 Å². The molecule has 184 valence electrons. The van der Waals surface area contributed by atoms with Gasteiger partial charge in [-0.05, 0) is 70.8 Å². The predicted octanol–water partition coefficient (Wildman–Crippen LogP) is 3.40. The van der Waals surface area contributed by atoms with Gasteiger partial charge in [0, 0.05) is 30.7 Å². The molecule has 0 radical (unpaired) electrons. The average Bonchev–Trinajstić information content (AvgIpc) is 2.83. The molecule has 2 aliphatic heterocycles. The number of carbonyl (C=O) groups excluding carboxylic acids is 1. The van der Waals surface area contributed by atoms with E-state index in [-0.39, 0.29) is 28.5 Å². The number of amides is 1. The Morgan fingerprint density at radius 2 is 1.67 bits per heavy atom. The van der Waals surface area contributed by atoms with Gasteiger partial charge < -0.3 is 10.1 Å². The fraction of sp³-hybridized carbons (Fsp3) is 0.720. The lowest BCUT2D eigenvalue weighted by Crippen LogP contribution is -2.58. The zero-order chi connectivity index (χ0) is 23.5. The molecule has 7 nitrogen and oxygen atoms in total. The summed E-state index contributed by atoms with van der Waals surface area (Å²) in [6, 6.07) is 6.46. The van der Waals surface area contributed by atoms with Gasteiger partial charge in [0.05, 0.1) is 17.1 Å². The van der Waals surface area contributed by atoms with Crippen molar-refractivity contribution in [3.05, 3.63) is 29.8 Å². The first-order valence-corrected chi connectivity index (χ1v) is 14.0. The van der Waals surface area contributed by atoms with Gasteiger partial charge in [0.2, 0.25) is 10.0 Å². The second-order valence-corrected chi connectivity index (χ2v) is 12.1. The van der Waals surface area contributed by atoms with E-state index >= 15 is 0 Å². The summed E-state index contributed by atoms with van der Waals surface area (Å²) >= 11 is 0.